The lowest BCUT2D eigenvalue weighted by atomic mass is 9.94. The number of amides is 1. The minimum absolute atomic E-state index is 0.0539. The molecule has 0 saturated carbocycles. The first-order valence-electron chi connectivity index (χ1n) is 6.79. The van der Waals surface area contributed by atoms with Gasteiger partial charge in [-0.15, -0.1) is 0 Å². The van der Waals surface area contributed by atoms with E-state index < -0.39 is 5.97 Å². The third kappa shape index (κ3) is 2.92. The van der Waals surface area contributed by atoms with Crippen molar-refractivity contribution in [2.45, 2.75) is 12.8 Å². The highest BCUT2D eigenvalue weighted by Crippen LogP contribution is 2.27. The van der Waals surface area contributed by atoms with Crippen LogP contribution in [-0.2, 0) is 4.79 Å². The molecule has 1 aliphatic heterocycles. The molecule has 0 unspecified atom stereocenters. The minimum Gasteiger partial charge on any atom is -0.478 e. The highest BCUT2D eigenvalue weighted by Gasteiger charge is 2.27. The molecule has 108 valence electrons. The predicted molar refractivity (Wildman–Crippen MR) is 77.0 cm³/mol. The predicted octanol–water partition coefficient (Wildman–Crippen LogP) is 1.69. The molecule has 1 aromatic rings. The quantitative estimate of drug-likeness (QED) is 0.912. The number of carbonyl (C=O) groups excluding carboxylic acids is 1. The third-order valence-electron chi connectivity index (χ3n) is 3.76. The number of hydrogen-bond donors (Lipinski definition) is 1. The summed E-state index contributed by atoms with van der Waals surface area (Å²) in [6.07, 6.45) is 1.54. The molecular weight excluding hydrogens is 256 g/mol. The topological polar surface area (TPSA) is 60.9 Å². The van der Waals surface area contributed by atoms with Gasteiger partial charge in [-0.25, -0.2) is 4.79 Å². The lowest BCUT2D eigenvalue weighted by molar-refractivity contribution is -0.133. The number of carboxylic acids is 1. The van der Waals surface area contributed by atoms with E-state index in [1.807, 2.05) is 12.1 Å². The van der Waals surface area contributed by atoms with Gasteiger partial charge >= 0.3 is 5.97 Å². The largest absolute Gasteiger partial charge is 0.478 e. The second kappa shape index (κ2) is 5.94. The fourth-order valence-electron chi connectivity index (χ4n) is 2.66. The Kier molecular flexibility index (Phi) is 4.27. The second-order valence-electron chi connectivity index (χ2n) is 5.32. The standard InChI is InChI=1S/C15H20N2O3/c1-16(2)14(18)11-7-9-17(10-8-11)13-6-4-3-5-12(13)15(19)20/h3-6,11H,7-10H2,1-2H3,(H,19,20). The number of carbonyl (C=O) groups is 2. The number of nitrogens with zero attached hydrogens (tertiary/aromatic N) is 2. The summed E-state index contributed by atoms with van der Waals surface area (Å²) in [7, 11) is 3.54. The van der Waals surface area contributed by atoms with Crippen molar-refractivity contribution in [2.24, 2.45) is 5.92 Å². The van der Waals surface area contributed by atoms with Crippen LogP contribution >= 0.6 is 0 Å². The molecule has 0 radical (unpaired) electrons. The van der Waals surface area contributed by atoms with E-state index in [4.69, 9.17) is 0 Å². The van der Waals surface area contributed by atoms with Crippen LogP contribution in [0.2, 0.25) is 0 Å². The van der Waals surface area contributed by atoms with Crippen LogP contribution < -0.4 is 4.90 Å². The first kappa shape index (κ1) is 14.4. The van der Waals surface area contributed by atoms with Crippen LogP contribution in [0, 0.1) is 5.92 Å². The van der Waals surface area contributed by atoms with Crippen molar-refractivity contribution < 1.29 is 14.7 Å². The van der Waals surface area contributed by atoms with E-state index in [0.29, 0.717) is 18.7 Å². The van der Waals surface area contributed by atoms with Crippen molar-refractivity contribution in [3.05, 3.63) is 29.8 Å². The zero-order valence-corrected chi connectivity index (χ0v) is 11.9. The molecular formula is C15H20N2O3. The Morgan fingerprint density at radius 3 is 2.35 bits per heavy atom. The molecule has 0 aliphatic carbocycles. The summed E-state index contributed by atoms with van der Waals surface area (Å²) in [5.41, 5.74) is 1.07. The van der Waals surface area contributed by atoms with Gasteiger partial charge in [-0.05, 0) is 25.0 Å². The van der Waals surface area contributed by atoms with Crippen LogP contribution in [0.5, 0.6) is 0 Å². The van der Waals surface area contributed by atoms with E-state index >= 15 is 0 Å². The number of benzene rings is 1. The molecule has 1 heterocycles. The Bertz CT molecular complexity index is 506. The lowest BCUT2D eigenvalue weighted by Crippen LogP contribution is -2.40. The molecule has 0 bridgehead atoms. The molecule has 1 saturated heterocycles. The first-order chi connectivity index (χ1) is 9.50. The van der Waals surface area contributed by atoms with Crippen LogP contribution in [0.1, 0.15) is 23.2 Å². The van der Waals surface area contributed by atoms with Gasteiger partial charge in [0.05, 0.1) is 11.3 Å². The number of carboxylic acid groups (broad SMARTS) is 1. The summed E-state index contributed by atoms with van der Waals surface area (Å²) in [5, 5.41) is 9.22. The molecule has 1 aromatic carbocycles. The maximum Gasteiger partial charge on any atom is 0.337 e. The van der Waals surface area contributed by atoms with Gasteiger partial charge in [-0.1, -0.05) is 12.1 Å². The number of hydrogen-bond acceptors (Lipinski definition) is 3. The van der Waals surface area contributed by atoms with Gasteiger partial charge in [0.1, 0.15) is 0 Å². The maximum atomic E-state index is 11.9. The molecule has 5 heteroatoms. The van der Waals surface area contributed by atoms with Crippen LogP contribution in [-0.4, -0.2) is 49.1 Å². The summed E-state index contributed by atoms with van der Waals surface area (Å²) in [6, 6.07) is 7.03. The van der Waals surface area contributed by atoms with Gasteiger partial charge in [0.25, 0.3) is 0 Å². The number of aromatic carboxylic acids is 1. The number of rotatable bonds is 3. The number of para-hydroxylation sites is 1. The van der Waals surface area contributed by atoms with Crippen LogP contribution in [0.25, 0.3) is 0 Å². The second-order valence-corrected chi connectivity index (χ2v) is 5.32. The smallest absolute Gasteiger partial charge is 0.337 e. The highest BCUT2D eigenvalue weighted by molar-refractivity contribution is 5.94. The van der Waals surface area contributed by atoms with Gasteiger partial charge in [0, 0.05) is 33.1 Å². The third-order valence-corrected chi connectivity index (χ3v) is 3.76. The summed E-state index contributed by atoms with van der Waals surface area (Å²) < 4.78 is 0. The molecule has 20 heavy (non-hydrogen) atoms. The van der Waals surface area contributed by atoms with Gasteiger partial charge in [-0.2, -0.15) is 0 Å². The minimum atomic E-state index is -0.910. The molecule has 0 spiro atoms. The van der Waals surface area contributed by atoms with Crippen molar-refractivity contribution in [1.29, 1.82) is 0 Å². The van der Waals surface area contributed by atoms with E-state index in [0.717, 1.165) is 18.5 Å². The average Bonchev–Trinajstić information content (AvgIpc) is 2.46. The van der Waals surface area contributed by atoms with Crippen molar-refractivity contribution in [1.82, 2.24) is 4.90 Å². The number of piperidine rings is 1. The Morgan fingerprint density at radius 2 is 1.80 bits per heavy atom. The zero-order chi connectivity index (χ0) is 14.7. The zero-order valence-electron chi connectivity index (χ0n) is 11.9. The lowest BCUT2D eigenvalue weighted by Gasteiger charge is -2.34. The molecule has 0 aromatic heterocycles. The van der Waals surface area contributed by atoms with Crippen LogP contribution in [0.4, 0.5) is 5.69 Å². The summed E-state index contributed by atoms with van der Waals surface area (Å²) in [5.74, 6) is -0.693. The molecule has 0 atom stereocenters. The fourth-order valence-corrected chi connectivity index (χ4v) is 2.66. The summed E-state index contributed by atoms with van der Waals surface area (Å²) >= 11 is 0. The molecule has 1 amide bonds. The van der Waals surface area contributed by atoms with E-state index in [9.17, 15) is 14.7 Å². The Hall–Kier alpha value is -2.04. The first-order valence-corrected chi connectivity index (χ1v) is 6.79. The van der Waals surface area contributed by atoms with E-state index in [-0.39, 0.29) is 11.8 Å². The summed E-state index contributed by atoms with van der Waals surface area (Å²) in [6.45, 7) is 1.43. The average molecular weight is 276 g/mol. The van der Waals surface area contributed by atoms with Crippen molar-refractivity contribution in [3.63, 3.8) is 0 Å². The van der Waals surface area contributed by atoms with E-state index in [1.54, 1.807) is 31.1 Å². The summed E-state index contributed by atoms with van der Waals surface area (Å²) in [4.78, 5) is 26.9. The Morgan fingerprint density at radius 1 is 1.20 bits per heavy atom. The molecule has 1 fully saturated rings. The van der Waals surface area contributed by atoms with Crippen molar-refractivity contribution in [3.8, 4) is 0 Å². The fraction of sp³-hybridized carbons (Fsp3) is 0.467. The van der Waals surface area contributed by atoms with Gasteiger partial charge < -0.3 is 14.9 Å². The van der Waals surface area contributed by atoms with Crippen molar-refractivity contribution in [2.75, 3.05) is 32.1 Å². The maximum absolute atomic E-state index is 11.9. The molecule has 2 rings (SSSR count). The van der Waals surface area contributed by atoms with E-state index in [1.165, 1.54) is 0 Å². The SMILES string of the molecule is CN(C)C(=O)C1CCN(c2ccccc2C(=O)O)CC1. The van der Waals surface area contributed by atoms with Crippen molar-refractivity contribution >= 4 is 17.6 Å². The Labute approximate surface area is 118 Å². The molecule has 5 nitrogen and oxygen atoms in total. The Balaban J connectivity index is 2.08. The molecule has 1 N–H and O–H groups in total. The van der Waals surface area contributed by atoms with Crippen LogP contribution in [0.15, 0.2) is 24.3 Å². The molecule has 1 aliphatic rings. The number of anilines is 1. The highest BCUT2D eigenvalue weighted by atomic mass is 16.4. The van der Waals surface area contributed by atoms with Crippen LogP contribution in [0.3, 0.4) is 0 Å². The van der Waals surface area contributed by atoms with Gasteiger partial charge in [0.15, 0.2) is 0 Å². The normalized spacial score (nSPS) is 16.0. The van der Waals surface area contributed by atoms with Gasteiger partial charge in [-0.3, -0.25) is 4.79 Å². The monoisotopic (exact) mass is 276 g/mol. The van der Waals surface area contributed by atoms with E-state index in [2.05, 4.69) is 4.90 Å². The van der Waals surface area contributed by atoms with Gasteiger partial charge in [0.2, 0.25) is 5.91 Å².